The third kappa shape index (κ3) is 8.85. The predicted molar refractivity (Wildman–Crippen MR) is 6.44 cm³/mol. The van der Waals surface area contributed by atoms with Crippen LogP contribution >= 0.6 is 0 Å². The molecule has 0 atom stereocenters. The van der Waals surface area contributed by atoms with E-state index in [-0.39, 0.29) is 91.4 Å². The van der Waals surface area contributed by atoms with Crippen LogP contribution in [-0.4, -0.2) is 26.2 Å². The van der Waals surface area contributed by atoms with E-state index in [1.54, 1.807) is 0 Å². The third-order valence-electron chi connectivity index (χ3n) is 0. The predicted octanol–water partition coefficient (Wildman–Crippen LogP) is -0.502. The van der Waals surface area contributed by atoms with Crippen molar-refractivity contribution in [1.82, 2.24) is 0 Å². The molecule has 0 spiro atoms. The van der Waals surface area contributed by atoms with Gasteiger partial charge in [-0.05, 0) is 0 Å². The van der Waals surface area contributed by atoms with Crippen molar-refractivity contribution in [1.29, 1.82) is 0 Å². The Bertz CT molecular complexity index is 8.00. The molecule has 0 saturated carbocycles. The van der Waals surface area contributed by atoms with Crippen LogP contribution in [0.4, 0.5) is 0 Å². The summed E-state index contributed by atoms with van der Waals surface area (Å²) in [5.41, 5.74) is 0. The molecule has 1 nitrogen and oxygen atoms in total. The van der Waals surface area contributed by atoms with Crippen molar-refractivity contribution < 1.29 is 65.2 Å². The standard InChI is InChI=1S/Bi.Er.Nb.O/q2*+3;+5;-2. The van der Waals surface area contributed by atoms with E-state index in [9.17, 15) is 0 Å². The normalized spacial score (nSPS) is 0. The van der Waals surface area contributed by atoms with Crippen molar-refractivity contribution in [3.8, 4) is 0 Å². The van der Waals surface area contributed by atoms with Crippen molar-refractivity contribution in [2.45, 2.75) is 0 Å². The average molecular weight is 485 g/mol. The minimum absolute atomic E-state index is 0. The molecule has 0 heterocycles. The van der Waals surface area contributed by atoms with Crippen LogP contribution in [0.3, 0.4) is 0 Å². The number of rotatable bonds is 0. The molecule has 0 rings (SSSR count). The second-order valence-electron chi connectivity index (χ2n) is 0. The zero-order valence-corrected chi connectivity index (χ0v) is 9.12. The molecule has 0 aliphatic heterocycles. The van der Waals surface area contributed by atoms with E-state index in [4.69, 9.17) is 0 Å². The van der Waals surface area contributed by atoms with Crippen molar-refractivity contribution in [2.24, 2.45) is 0 Å². The van der Waals surface area contributed by atoms with E-state index >= 15 is 0 Å². The molecule has 4 heteroatoms. The molecule has 4 heavy (non-hydrogen) atoms. The third-order valence-corrected chi connectivity index (χ3v) is 0. The molecular weight excluding hydrogens is 485 g/mol. The Balaban J connectivity index is 0. The van der Waals surface area contributed by atoms with Gasteiger partial charge in [0.1, 0.15) is 0 Å². The Kier molecular flexibility index (Phi) is 123. The van der Waals surface area contributed by atoms with Crippen LogP contribution in [0, 0.1) is 37.3 Å². The van der Waals surface area contributed by atoms with Crippen molar-refractivity contribution in [3.63, 3.8) is 0 Å². The van der Waals surface area contributed by atoms with Crippen LogP contribution in [0.2, 0.25) is 0 Å². The molecule has 0 aromatic carbocycles. The number of hydrogen-bond donors (Lipinski definition) is 0. The van der Waals surface area contributed by atoms with Gasteiger partial charge in [0.05, 0.1) is 0 Å². The molecule has 0 aliphatic rings. The Hall–Kier alpha value is 2.83. The van der Waals surface area contributed by atoms with Crippen molar-refractivity contribution >= 4 is 26.2 Å². The van der Waals surface area contributed by atoms with Gasteiger partial charge in [-0.1, -0.05) is 0 Å². The molecule has 19 valence electrons. The zero-order chi connectivity index (χ0) is 0. The van der Waals surface area contributed by atoms with Crippen molar-refractivity contribution in [3.05, 3.63) is 0 Å². The van der Waals surface area contributed by atoms with Gasteiger partial charge < -0.3 is 5.48 Å². The molecule has 0 aromatic heterocycles. The van der Waals surface area contributed by atoms with Gasteiger partial charge in [-0.2, -0.15) is 0 Å². The number of hydrogen-bond acceptors (Lipinski definition) is 0. The fraction of sp³-hybridized carbons (Fsp3) is 0. The molecule has 0 saturated heterocycles. The van der Waals surface area contributed by atoms with E-state index in [1.807, 2.05) is 0 Å². The van der Waals surface area contributed by atoms with Crippen LogP contribution in [-0.2, 0) is 27.9 Å². The molecule has 0 bridgehead atoms. The van der Waals surface area contributed by atoms with Gasteiger partial charge in [-0.15, -0.1) is 0 Å². The van der Waals surface area contributed by atoms with E-state index in [0.717, 1.165) is 0 Å². The first-order chi connectivity index (χ1) is 0. The summed E-state index contributed by atoms with van der Waals surface area (Å²) in [5.74, 6) is 0. The fourth-order valence-electron chi connectivity index (χ4n) is 0. The first-order valence-corrected chi connectivity index (χ1v) is 0. The largest absolute Gasteiger partial charge is 5.00 e. The van der Waals surface area contributed by atoms with E-state index < -0.39 is 0 Å². The Morgan fingerprint density at radius 2 is 1.00 bits per heavy atom. The second kappa shape index (κ2) is 17.0. The molecule has 0 unspecified atom stereocenters. The molecule has 0 fully saturated rings. The zero-order valence-electron chi connectivity index (χ0n) is 1.59. The molecule has 0 aromatic rings. The van der Waals surface area contributed by atoms with Gasteiger partial charge in [0.2, 0.25) is 0 Å². The smallest absolute Gasteiger partial charge is 2.00 e. The maximum absolute atomic E-state index is 0. The first kappa shape index (κ1) is 29.0. The quantitative estimate of drug-likeness (QED) is 0.415. The van der Waals surface area contributed by atoms with Crippen molar-refractivity contribution in [2.75, 3.05) is 0 Å². The summed E-state index contributed by atoms with van der Waals surface area (Å²) in [7, 11) is 0. The summed E-state index contributed by atoms with van der Waals surface area (Å²) < 4.78 is 0. The van der Waals surface area contributed by atoms with Crippen LogP contribution < -0.4 is 0 Å². The monoisotopic (exact) mass is 484 g/mol. The first-order valence-electron chi connectivity index (χ1n) is 0. The second-order valence-corrected chi connectivity index (χ2v) is 0. The van der Waals surface area contributed by atoms with Gasteiger partial charge in [0, 0.05) is 0 Å². The minimum Gasteiger partial charge on any atom is -2.00 e. The topological polar surface area (TPSA) is 28.5 Å². The SMILES string of the molecule is [Bi+3].[Er+3].[Nb+5].[O-2]. The van der Waals surface area contributed by atoms with Crippen LogP contribution in [0.25, 0.3) is 0 Å². The van der Waals surface area contributed by atoms with Crippen LogP contribution in [0.15, 0.2) is 0 Å². The van der Waals surface area contributed by atoms with E-state index in [0.29, 0.717) is 0 Å². The van der Waals surface area contributed by atoms with Crippen LogP contribution in [0.1, 0.15) is 0 Å². The molecule has 0 aliphatic carbocycles. The Labute approximate surface area is 89.4 Å². The molecule has 3 radical (unpaired) electrons. The van der Waals surface area contributed by atoms with Gasteiger partial charge in [0.25, 0.3) is 0 Å². The average Bonchev–Trinajstić information content (AvgIpc) is 0. The van der Waals surface area contributed by atoms with E-state index in [1.165, 1.54) is 0 Å². The summed E-state index contributed by atoms with van der Waals surface area (Å²) in [4.78, 5) is 0. The summed E-state index contributed by atoms with van der Waals surface area (Å²) in [6.45, 7) is 0. The fourth-order valence-corrected chi connectivity index (χ4v) is 0. The molecule has 0 N–H and O–H groups in total. The van der Waals surface area contributed by atoms with Gasteiger partial charge in [-0.3, -0.25) is 0 Å². The summed E-state index contributed by atoms with van der Waals surface area (Å²) >= 11 is 0. The van der Waals surface area contributed by atoms with Crippen LogP contribution in [0.5, 0.6) is 0 Å². The Morgan fingerprint density at radius 1 is 1.00 bits per heavy atom. The molecular formula is BiErNbO+9. The summed E-state index contributed by atoms with van der Waals surface area (Å²) in [6, 6.07) is 0. The van der Waals surface area contributed by atoms with Gasteiger partial charge in [-0.25, -0.2) is 0 Å². The maximum atomic E-state index is 0. The Morgan fingerprint density at radius 3 is 1.00 bits per heavy atom. The van der Waals surface area contributed by atoms with Gasteiger partial charge >= 0.3 is 85.9 Å². The minimum atomic E-state index is 0. The van der Waals surface area contributed by atoms with Gasteiger partial charge in [0.15, 0.2) is 0 Å². The molecule has 0 amide bonds. The summed E-state index contributed by atoms with van der Waals surface area (Å²) in [6.07, 6.45) is 0. The summed E-state index contributed by atoms with van der Waals surface area (Å²) in [5, 5.41) is 0. The van der Waals surface area contributed by atoms with E-state index in [2.05, 4.69) is 0 Å². The maximum Gasteiger partial charge on any atom is 5.00 e.